The van der Waals surface area contributed by atoms with Crippen molar-refractivity contribution in [3.05, 3.63) is 42.1 Å². The number of halogens is 1. The molecule has 6 nitrogen and oxygen atoms in total. The molecule has 1 aromatic carbocycles. The third-order valence-electron chi connectivity index (χ3n) is 4.13. The van der Waals surface area contributed by atoms with Crippen LogP contribution in [0.1, 0.15) is 12.0 Å². The lowest BCUT2D eigenvalue weighted by Crippen LogP contribution is -2.25. The minimum atomic E-state index is -0.675. The number of alkyl halides is 1. The average Bonchev–Trinajstić information content (AvgIpc) is 3.04. The molecule has 0 spiro atoms. The summed E-state index contributed by atoms with van der Waals surface area (Å²) in [5.74, 6) is 1.30. The Morgan fingerprint density at radius 3 is 3.08 bits per heavy atom. The van der Waals surface area contributed by atoms with Crippen molar-refractivity contribution in [2.75, 3.05) is 43.9 Å². The second kappa shape index (κ2) is 8.73. The molecule has 1 unspecified atom stereocenters. The summed E-state index contributed by atoms with van der Waals surface area (Å²) < 4.78 is 18.8. The standard InChI is InChI=1S/C18H24FN5O/c1-20-17-5-7-21-18(23-17)22-16-4-2-3-14(11-16)13-25-10-9-24-8-6-15(19)12-24/h2-5,7,11,15H,6,8-10,12-13H2,1H3,(H2,20,21,22,23). The van der Waals surface area contributed by atoms with E-state index in [0.29, 0.717) is 32.1 Å². The fourth-order valence-corrected chi connectivity index (χ4v) is 2.80. The monoisotopic (exact) mass is 345 g/mol. The van der Waals surface area contributed by atoms with Crippen LogP contribution in [0.3, 0.4) is 0 Å². The SMILES string of the molecule is CNc1ccnc(Nc2cccc(COCCN3CCC(F)C3)c2)n1. The van der Waals surface area contributed by atoms with Crippen molar-refractivity contribution in [1.82, 2.24) is 14.9 Å². The van der Waals surface area contributed by atoms with Crippen LogP contribution in [0, 0.1) is 0 Å². The fourth-order valence-electron chi connectivity index (χ4n) is 2.80. The molecule has 1 aromatic heterocycles. The number of likely N-dealkylation sites (tertiary alicyclic amines) is 1. The Morgan fingerprint density at radius 2 is 2.28 bits per heavy atom. The van der Waals surface area contributed by atoms with Gasteiger partial charge < -0.3 is 15.4 Å². The van der Waals surface area contributed by atoms with E-state index in [1.807, 2.05) is 31.3 Å². The summed E-state index contributed by atoms with van der Waals surface area (Å²) >= 11 is 0. The van der Waals surface area contributed by atoms with E-state index >= 15 is 0 Å². The Kier molecular flexibility index (Phi) is 6.14. The highest BCUT2D eigenvalue weighted by molar-refractivity contribution is 5.55. The van der Waals surface area contributed by atoms with E-state index in [1.165, 1.54) is 0 Å². The molecule has 0 amide bonds. The van der Waals surface area contributed by atoms with E-state index in [1.54, 1.807) is 12.3 Å². The molecule has 3 rings (SSSR count). The first-order chi connectivity index (χ1) is 12.2. The van der Waals surface area contributed by atoms with Crippen LogP contribution in [0.25, 0.3) is 0 Å². The molecular formula is C18H24FN5O. The molecule has 1 atom stereocenters. The van der Waals surface area contributed by atoms with Gasteiger partial charge in [-0.05, 0) is 30.2 Å². The number of hydrogen-bond donors (Lipinski definition) is 2. The highest BCUT2D eigenvalue weighted by Crippen LogP contribution is 2.16. The number of ether oxygens (including phenoxy) is 1. The largest absolute Gasteiger partial charge is 0.375 e. The van der Waals surface area contributed by atoms with Gasteiger partial charge in [0.2, 0.25) is 5.95 Å². The molecule has 134 valence electrons. The first kappa shape index (κ1) is 17.6. The van der Waals surface area contributed by atoms with E-state index in [0.717, 1.165) is 30.2 Å². The molecule has 0 aliphatic carbocycles. The number of benzene rings is 1. The second-order valence-electron chi connectivity index (χ2n) is 6.08. The Balaban J connectivity index is 1.47. The second-order valence-corrected chi connectivity index (χ2v) is 6.08. The fraction of sp³-hybridized carbons (Fsp3) is 0.444. The summed E-state index contributed by atoms with van der Waals surface area (Å²) in [6.07, 6.45) is 1.67. The summed E-state index contributed by atoms with van der Waals surface area (Å²) in [7, 11) is 1.82. The van der Waals surface area contributed by atoms with Crippen molar-refractivity contribution in [2.24, 2.45) is 0 Å². The van der Waals surface area contributed by atoms with Crippen LogP contribution in [-0.2, 0) is 11.3 Å². The number of hydrogen-bond acceptors (Lipinski definition) is 6. The Bertz CT molecular complexity index is 684. The molecule has 1 fully saturated rings. The maximum atomic E-state index is 13.1. The molecule has 0 radical (unpaired) electrons. The van der Waals surface area contributed by atoms with Gasteiger partial charge in [-0.15, -0.1) is 0 Å². The van der Waals surface area contributed by atoms with Gasteiger partial charge in [0.15, 0.2) is 0 Å². The van der Waals surface area contributed by atoms with Crippen LogP contribution < -0.4 is 10.6 Å². The van der Waals surface area contributed by atoms with Gasteiger partial charge in [0.05, 0.1) is 13.2 Å². The predicted molar refractivity (Wildman–Crippen MR) is 96.9 cm³/mol. The summed E-state index contributed by atoms with van der Waals surface area (Å²) in [5, 5.41) is 6.18. The van der Waals surface area contributed by atoms with Crippen molar-refractivity contribution in [3.8, 4) is 0 Å². The maximum Gasteiger partial charge on any atom is 0.229 e. The van der Waals surface area contributed by atoms with Gasteiger partial charge >= 0.3 is 0 Å². The number of nitrogens with zero attached hydrogens (tertiary/aromatic N) is 3. The zero-order chi connectivity index (χ0) is 17.5. The number of aromatic nitrogens is 2. The van der Waals surface area contributed by atoms with Crippen molar-refractivity contribution >= 4 is 17.5 Å². The van der Waals surface area contributed by atoms with E-state index in [2.05, 4.69) is 25.5 Å². The van der Waals surface area contributed by atoms with E-state index < -0.39 is 6.17 Å². The molecule has 1 aliphatic rings. The zero-order valence-electron chi connectivity index (χ0n) is 14.4. The Labute approximate surface area is 147 Å². The molecule has 2 heterocycles. The molecule has 2 N–H and O–H groups in total. The van der Waals surface area contributed by atoms with Gasteiger partial charge in [-0.25, -0.2) is 9.37 Å². The van der Waals surface area contributed by atoms with Crippen LogP contribution in [0.2, 0.25) is 0 Å². The summed E-state index contributed by atoms with van der Waals surface area (Å²) in [6, 6.07) is 9.77. The van der Waals surface area contributed by atoms with Crippen molar-refractivity contribution in [1.29, 1.82) is 0 Å². The smallest absolute Gasteiger partial charge is 0.229 e. The minimum Gasteiger partial charge on any atom is -0.375 e. The summed E-state index contributed by atoms with van der Waals surface area (Å²) in [4.78, 5) is 10.7. The lowest BCUT2D eigenvalue weighted by Gasteiger charge is -2.14. The van der Waals surface area contributed by atoms with Crippen molar-refractivity contribution in [3.63, 3.8) is 0 Å². The predicted octanol–water partition coefficient (Wildman–Crippen LogP) is 2.82. The molecule has 0 bridgehead atoms. The third-order valence-corrected chi connectivity index (χ3v) is 4.13. The number of nitrogens with one attached hydrogen (secondary N) is 2. The van der Waals surface area contributed by atoms with Crippen LogP contribution in [0.4, 0.5) is 21.8 Å². The van der Waals surface area contributed by atoms with Gasteiger partial charge in [-0.2, -0.15) is 4.98 Å². The van der Waals surface area contributed by atoms with Gasteiger partial charge in [-0.1, -0.05) is 12.1 Å². The van der Waals surface area contributed by atoms with Crippen LogP contribution in [-0.4, -0.2) is 54.3 Å². The third kappa shape index (κ3) is 5.37. The van der Waals surface area contributed by atoms with Crippen LogP contribution in [0.5, 0.6) is 0 Å². The highest BCUT2D eigenvalue weighted by atomic mass is 19.1. The van der Waals surface area contributed by atoms with Gasteiger partial charge in [-0.3, -0.25) is 4.90 Å². The van der Waals surface area contributed by atoms with E-state index in [-0.39, 0.29) is 0 Å². The van der Waals surface area contributed by atoms with E-state index in [9.17, 15) is 4.39 Å². The number of anilines is 3. The minimum absolute atomic E-state index is 0.528. The van der Waals surface area contributed by atoms with Gasteiger partial charge in [0, 0.05) is 38.6 Å². The lowest BCUT2D eigenvalue weighted by atomic mass is 10.2. The first-order valence-electron chi connectivity index (χ1n) is 8.54. The first-order valence-corrected chi connectivity index (χ1v) is 8.54. The molecule has 1 aliphatic heterocycles. The number of rotatable bonds is 8. The topological polar surface area (TPSA) is 62.3 Å². The molecule has 7 heteroatoms. The van der Waals surface area contributed by atoms with Crippen LogP contribution >= 0.6 is 0 Å². The van der Waals surface area contributed by atoms with Crippen molar-refractivity contribution in [2.45, 2.75) is 19.2 Å². The molecule has 25 heavy (non-hydrogen) atoms. The van der Waals surface area contributed by atoms with Gasteiger partial charge in [0.1, 0.15) is 12.0 Å². The van der Waals surface area contributed by atoms with E-state index in [4.69, 9.17) is 4.74 Å². The highest BCUT2D eigenvalue weighted by Gasteiger charge is 2.20. The van der Waals surface area contributed by atoms with Crippen molar-refractivity contribution < 1.29 is 9.13 Å². The maximum absolute atomic E-state index is 13.1. The molecule has 2 aromatic rings. The Morgan fingerprint density at radius 1 is 1.36 bits per heavy atom. The summed E-state index contributed by atoms with van der Waals surface area (Å²) in [5.41, 5.74) is 1.98. The zero-order valence-corrected chi connectivity index (χ0v) is 14.4. The molecule has 0 saturated carbocycles. The Hall–Kier alpha value is -2.25. The molecule has 1 saturated heterocycles. The molecular weight excluding hydrogens is 321 g/mol. The summed E-state index contributed by atoms with van der Waals surface area (Å²) in [6.45, 7) is 3.28. The van der Waals surface area contributed by atoms with Crippen LogP contribution in [0.15, 0.2) is 36.5 Å². The van der Waals surface area contributed by atoms with Gasteiger partial charge in [0.25, 0.3) is 0 Å². The normalized spacial score (nSPS) is 17.6. The lowest BCUT2D eigenvalue weighted by molar-refractivity contribution is 0.0975. The quantitative estimate of drug-likeness (QED) is 0.718. The average molecular weight is 345 g/mol.